The molecule has 3 N–H and O–H groups in total. The lowest BCUT2D eigenvalue weighted by atomic mass is 10.1. The number of ether oxygens (including phenoxy) is 3. The van der Waals surface area contributed by atoms with E-state index in [1.807, 2.05) is 36.4 Å². The number of rotatable bonds is 7. The van der Waals surface area contributed by atoms with Crippen LogP contribution < -0.4 is 30.2 Å². The Morgan fingerprint density at radius 2 is 1.79 bits per heavy atom. The first-order valence-corrected chi connectivity index (χ1v) is 15.8. The molecular formula is C33H38F3N7O4. The van der Waals surface area contributed by atoms with Crippen molar-refractivity contribution in [2.75, 3.05) is 56.6 Å². The van der Waals surface area contributed by atoms with E-state index in [1.54, 1.807) is 18.2 Å². The normalized spacial score (nSPS) is 18.5. The first kappa shape index (κ1) is 32.4. The zero-order valence-electron chi connectivity index (χ0n) is 25.9. The molecule has 47 heavy (non-hydrogen) atoms. The number of amides is 1. The van der Waals surface area contributed by atoms with E-state index in [9.17, 15) is 18.0 Å². The molecule has 1 amide bonds. The van der Waals surface area contributed by atoms with Gasteiger partial charge in [-0.3, -0.25) is 4.79 Å². The summed E-state index contributed by atoms with van der Waals surface area (Å²) >= 11 is 0. The summed E-state index contributed by atoms with van der Waals surface area (Å²) in [7, 11) is 0. The van der Waals surface area contributed by atoms with Crippen molar-refractivity contribution in [3.8, 4) is 17.5 Å². The summed E-state index contributed by atoms with van der Waals surface area (Å²) in [5.41, 5.74) is 1.80. The lowest BCUT2D eigenvalue weighted by Crippen LogP contribution is -2.37. The largest absolute Gasteiger partial charge is 0.493 e. The Bertz CT molecular complexity index is 1560. The van der Waals surface area contributed by atoms with E-state index >= 15 is 0 Å². The van der Waals surface area contributed by atoms with Gasteiger partial charge in [-0.15, -0.1) is 0 Å². The van der Waals surface area contributed by atoms with Gasteiger partial charge in [-0.2, -0.15) is 28.1 Å². The minimum Gasteiger partial charge on any atom is -0.493 e. The van der Waals surface area contributed by atoms with Crippen LogP contribution in [0, 0.1) is 5.41 Å². The molecule has 1 saturated heterocycles. The highest BCUT2D eigenvalue weighted by Gasteiger charge is 2.44. The molecule has 4 heterocycles. The SMILES string of the molecule is O=C(NCC1(CN2CCCC2)CC1)c1ccc2cc1OC/C=C/CCOc1ccc(cc1)CNc1nc(nc(OCC(F)(F)F)n1)N2. The van der Waals surface area contributed by atoms with Gasteiger partial charge < -0.3 is 35.1 Å². The number of benzene rings is 2. The summed E-state index contributed by atoms with van der Waals surface area (Å²) in [5, 5.41) is 9.13. The second-order valence-electron chi connectivity index (χ2n) is 12.1. The van der Waals surface area contributed by atoms with Gasteiger partial charge in [0.2, 0.25) is 11.9 Å². The van der Waals surface area contributed by atoms with E-state index in [1.165, 1.54) is 12.8 Å². The van der Waals surface area contributed by atoms with E-state index in [4.69, 9.17) is 14.2 Å². The lowest BCUT2D eigenvalue weighted by Gasteiger charge is -2.23. The predicted octanol–water partition coefficient (Wildman–Crippen LogP) is 5.49. The summed E-state index contributed by atoms with van der Waals surface area (Å²) in [6.07, 6.45) is 4.52. The highest BCUT2D eigenvalue weighted by Crippen LogP contribution is 2.46. The highest BCUT2D eigenvalue weighted by atomic mass is 19.4. The third-order valence-corrected chi connectivity index (χ3v) is 8.23. The molecule has 4 aliphatic rings. The number of hydrogen-bond donors (Lipinski definition) is 3. The molecule has 0 unspecified atom stereocenters. The van der Waals surface area contributed by atoms with Gasteiger partial charge in [0, 0.05) is 36.8 Å². The molecule has 7 rings (SSSR count). The zero-order chi connectivity index (χ0) is 32.7. The quantitative estimate of drug-likeness (QED) is 0.282. The molecule has 0 spiro atoms. The van der Waals surface area contributed by atoms with Crippen LogP contribution in [0.15, 0.2) is 54.6 Å². The van der Waals surface area contributed by atoms with Crippen LogP contribution in [0.2, 0.25) is 0 Å². The minimum atomic E-state index is -4.58. The standard InChI is InChI=1S/C33H38F3N7O4/c34-33(35,36)22-47-31-41-29-37-19-23-6-9-25(10-7-23)45-16-4-1-5-17-46-27-18-24(39-30(40-29)42-31)8-11-26(27)28(44)38-20-32(12-13-32)21-43-14-2-3-15-43/h1,5-11,18H,2-4,12-17,19-22H2,(H,38,44)(H2,37,39,40,41,42)/b5-1+. The van der Waals surface area contributed by atoms with Crippen molar-refractivity contribution in [1.29, 1.82) is 0 Å². The topological polar surface area (TPSA) is 123 Å². The maximum Gasteiger partial charge on any atom is 0.422 e. The molecule has 0 atom stereocenters. The van der Waals surface area contributed by atoms with Crippen molar-refractivity contribution >= 4 is 23.5 Å². The van der Waals surface area contributed by atoms with Crippen molar-refractivity contribution in [1.82, 2.24) is 25.2 Å². The van der Waals surface area contributed by atoms with Gasteiger partial charge in [-0.1, -0.05) is 24.3 Å². The van der Waals surface area contributed by atoms with E-state index in [0.717, 1.165) is 38.0 Å². The van der Waals surface area contributed by atoms with Gasteiger partial charge in [0.15, 0.2) is 6.61 Å². The first-order valence-electron chi connectivity index (χ1n) is 15.8. The summed E-state index contributed by atoms with van der Waals surface area (Å²) in [4.78, 5) is 28.3. The van der Waals surface area contributed by atoms with Gasteiger partial charge in [0.25, 0.3) is 5.91 Å². The maximum atomic E-state index is 13.4. The number of nitrogens with one attached hydrogen (secondary N) is 3. The maximum absolute atomic E-state index is 13.4. The van der Waals surface area contributed by atoms with Crippen LogP contribution in [-0.4, -0.2) is 77.9 Å². The Morgan fingerprint density at radius 1 is 1.00 bits per heavy atom. The Hall–Kier alpha value is -4.59. The fraction of sp³-hybridized carbons (Fsp3) is 0.455. The zero-order valence-corrected chi connectivity index (χ0v) is 25.9. The number of anilines is 3. The van der Waals surface area contributed by atoms with Gasteiger partial charge in [-0.05, 0) is 75.0 Å². The highest BCUT2D eigenvalue weighted by molar-refractivity contribution is 5.97. The van der Waals surface area contributed by atoms with Crippen molar-refractivity contribution in [3.63, 3.8) is 0 Å². The summed E-state index contributed by atoms with van der Waals surface area (Å²) in [5.74, 6) is 0.732. The van der Waals surface area contributed by atoms with E-state index in [0.29, 0.717) is 42.3 Å². The number of alkyl halides is 3. The molecule has 3 aromatic rings. The van der Waals surface area contributed by atoms with Crippen LogP contribution >= 0.6 is 0 Å². The smallest absolute Gasteiger partial charge is 0.422 e. The van der Waals surface area contributed by atoms with Gasteiger partial charge >= 0.3 is 12.2 Å². The summed E-state index contributed by atoms with van der Waals surface area (Å²) in [6, 6.07) is 11.8. The van der Waals surface area contributed by atoms with Gasteiger partial charge in [0.05, 0.1) is 12.2 Å². The van der Waals surface area contributed by atoms with Gasteiger partial charge in [0.1, 0.15) is 18.1 Å². The van der Waals surface area contributed by atoms with Crippen LogP contribution in [-0.2, 0) is 6.54 Å². The summed E-state index contributed by atoms with van der Waals surface area (Å²) < 4.78 is 55.5. The number of hydrogen-bond acceptors (Lipinski definition) is 10. The van der Waals surface area contributed by atoms with Crippen LogP contribution in [0.5, 0.6) is 17.5 Å². The molecule has 0 radical (unpaired) electrons. The van der Waals surface area contributed by atoms with Crippen molar-refractivity contribution < 1.29 is 32.2 Å². The summed E-state index contributed by atoms with van der Waals surface area (Å²) in [6.45, 7) is 3.20. The molecule has 2 aromatic carbocycles. The first-order chi connectivity index (χ1) is 22.7. The molecular weight excluding hydrogens is 615 g/mol. The van der Waals surface area contributed by atoms with Crippen molar-refractivity contribution in [2.24, 2.45) is 5.41 Å². The Kier molecular flexibility index (Phi) is 9.95. The lowest BCUT2D eigenvalue weighted by molar-refractivity contribution is -0.154. The molecule has 3 aliphatic heterocycles. The third kappa shape index (κ3) is 9.47. The Balaban J connectivity index is 1.23. The van der Waals surface area contributed by atoms with Gasteiger partial charge in [-0.25, -0.2) is 0 Å². The number of carbonyl (C=O) groups is 1. The van der Waals surface area contributed by atoms with E-state index in [2.05, 4.69) is 35.8 Å². The Morgan fingerprint density at radius 3 is 2.55 bits per heavy atom. The van der Waals surface area contributed by atoms with Crippen molar-refractivity contribution in [2.45, 2.75) is 44.8 Å². The van der Waals surface area contributed by atoms with E-state index in [-0.39, 0.29) is 36.4 Å². The molecule has 1 saturated carbocycles. The molecule has 14 heteroatoms. The van der Waals surface area contributed by atoms with Crippen LogP contribution in [0.25, 0.3) is 0 Å². The number of fused-ring (bicyclic) bond motifs is 8. The minimum absolute atomic E-state index is 0.00921. The average Bonchev–Trinajstić information content (AvgIpc) is 3.62. The fourth-order valence-corrected chi connectivity index (χ4v) is 5.54. The average molecular weight is 654 g/mol. The third-order valence-electron chi connectivity index (χ3n) is 8.23. The molecule has 1 aromatic heterocycles. The van der Waals surface area contributed by atoms with Crippen LogP contribution in [0.4, 0.5) is 30.8 Å². The van der Waals surface area contributed by atoms with Crippen LogP contribution in [0.1, 0.15) is 48.0 Å². The number of nitrogens with zero attached hydrogens (tertiary/aromatic N) is 4. The fourth-order valence-electron chi connectivity index (χ4n) is 5.54. The number of aromatic nitrogens is 3. The number of likely N-dealkylation sites (tertiary alicyclic amines) is 1. The second kappa shape index (κ2) is 14.4. The van der Waals surface area contributed by atoms with E-state index < -0.39 is 18.8 Å². The monoisotopic (exact) mass is 653 g/mol. The molecule has 1 aliphatic carbocycles. The van der Waals surface area contributed by atoms with Crippen LogP contribution in [0.3, 0.4) is 0 Å². The molecule has 2 fully saturated rings. The molecule has 6 bridgehead atoms. The second-order valence-corrected chi connectivity index (χ2v) is 12.1. The predicted molar refractivity (Wildman–Crippen MR) is 169 cm³/mol. The number of carbonyl (C=O) groups excluding carboxylic acids is 1. The molecule has 11 nitrogen and oxygen atoms in total. The van der Waals surface area contributed by atoms with Crippen molar-refractivity contribution in [3.05, 3.63) is 65.7 Å². The Labute approximate surface area is 270 Å². The number of halogens is 3. The molecule has 250 valence electrons.